The van der Waals surface area contributed by atoms with Crippen molar-refractivity contribution in [2.24, 2.45) is 11.7 Å². The first-order valence-electron chi connectivity index (χ1n) is 6.46. The van der Waals surface area contributed by atoms with E-state index in [4.69, 9.17) is 10.3 Å². The van der Waals surface area contributed by atoms with E-state index in [1.54, 1.807) is 11.3 Å². The molecule has 2 atom stereocenters. The smallest absolute Gasteiger partial charge is 0.230 e. The lowest BCUT2D eigenvalue weighted by Gasteiger charge is -2.27. The van der Waals surface area contributed by atoms with Crippen LogP contribution >= 0.6 is 11.3 Å². The number of aromatic nitrogens is 2. The van der Waals surface area contributed by atoms with Crippen molar-refractivity contribution >= 4 is 11.3 Å². The molecule has 0 spiro atoms. The van der Waals surface area contributed by atoms with Crippen molar-refractivity contribution in [3.05, 3.63) is 23.4 Å². The van der Waals surface area contributed by atoms with Crippen LogP contribution in [0.25, 0.3) is 10.7 Å². The minimum Gasteiger partial charge on any atom is -0.339 e. The average molecular weight is 263 g/mol. The fourth-order valence-corrected chi connectivity index (χ4v) is 3.36. The van der Waals surface area contributed by atoms with Crippen LogP contribution < -0.4 is 5.73 Å². The molecule has 0 aliphatic heterocycles. The Hall–Kier alpha value is -1.20. The first-order valence-corrected chi connectivity index (χ1v) is 7.34. The van der Waals surface area contributed by atoms with Gasteiger partial charge in [-0.1, -0.05) is 24.1 Å². The molecule has 2 aromatic heterocycles. The van der Waals surface area contributed by atoms with Crippen LogP contribution in [0, 0.1) is 5.92 Å². The van der Waals surface area contributed by atoms with E-state index in [0.29, 0.717) is 24.2 Å². The van der Waals surface area contributed by atoms with Crippen molar-refractivity contribution in [1.29, 1.82) is 0 Å². The van der Waals surface area contributed by atoms with Crippen LogP contribution in [0.3, 0.4) is 0 Å². The predicted molar refractivity (Wildman–Crippen MR) is 71.4 cm³/mol. The molecule has 2 aromatic rings. The first-order chi connectivity index (χ1) is 8.88. The summed E-state index contributed by atoms with van der Waals surface area (Å²) in [5.41, 5.74) is 5.84. The Kier molecular flexibility index (Phi) is 3.43. The molecule has 1 aliphatic rings. The third-order valence-corrected chi connectivity index (χ3v) is 4.58. The zero-order chi connectivity index (χ0) is 12.4. The summed E-state index contributed by atoms with van der Waals surface area (Å²) in [6.07, 6.45) is 4.80. The van der Waals surface area contributed by atoms with E-state index in [0.717, 1.165) is 17.2 Å². The molecule has 18 heavy (non-hydrogen) atoms. The summed E-state index contributed by atoms with van der Waals surface area (Å²) in [6.45, 7) is 0.710. The lowest BCUT2D eigenvalue weighted by Crippen LogP contribution is -2.25. The van der Waals surface area contributed by atoms with Gasteiger partial charge in [0.25, 0.3) is 0 Å². The highest BCUT2D eigenvalue weighted by molar-refractivity contribution is 7.13. The van der Waals surface area contributed by atoms with Crippen LogP contribution in [0.15, 0.2) is 22.0 Å². The summed E-state index contributed by atoms with van der Waals surface area (Å²) in [7, 11) is 0. The monoisotopic (exact) mass is 263 g/mol. The largest absolute Gasteiger partial charge is 0.339 e. The summed E-state index contributed by atoms with van der Waals surface area (Å²) in [6, 6.07) is 4.01. The third-order valence-electron chi connectivity index (χ3n) is 3.71. The number of hydrogen-bond acceptors (Lipinski definition) is 5. The number of nitrogens with zero attached hydrogens (tertiary/aromatic N) is 2. The number of nitrogens with two attached hydrogens (primary N) is 1. The molecule has 0 bridgehead atoms. The van der Waals surface area contributed by atoms with Crippen molar-refractivity contribution in [2.45, 2.75) is 31.6 Å². The van der Waals surface area contributed by atoms with Crippen molar-refractivity contribution in [1.82, 2.24) is 10.1 Å². The molecule has 2 N–H and O–H groups in total. The average Bonchev–Trinajstić information content (AvgIpc) is 3.09. The van der Waals surface area contributed by atoms with Gasteiger partial charge in [-0.3, -0.25) is 0 Å². The zero-order valence-electron chi connectivity index (χ0n) is 10.2. The molecule has 96 valence electrons. The molecule has 3 rings (SSSR count). The van der Waals surface area contributed by atoms with Gasteiger partial charge in [-0.25, -0.2) is 0 Å². The molecular formula is C13H17N3OS. The van der Waals surface area contributed by atoms with Crippen molar-refractivity contribution in [2.75, 3.05) is 6.54 Å². The fraction of sp³-hybridized carbons (Fsp3) is 0.538. The Balaban J connectivity index is 1.84. The summed E-state index contributed by atoms with van der Waals surface area (Å²) in [5, 5.41) is 6.11. The van der Waals surface area contributed by atoms with Crippen LogP contribution in [0.1, 0.15) is 37.5 Å². The second-order valence-electron chi connectivity index (χ2n) is 4.82. The fourth-order valence-electron chi connectivity index (χ4n) is 2.71. The second-order valence-corrected chi connectivity index (χ2v) is 5.77. The molecule has 0 saturated heterocycles. The van der Waals surface area contributed by atoms with Gasteiger partial charge in [-0.15, -0.1) is 11.3 Å². The Morgan fingerprint density at radius 2 is 2.28 bits per heavy atom. The third kappa shape index (κ3) is 2.20. The first kappa shape index (κ1) is 11.9. The van der Waals surface area contributed by atoms with Gasteiger partial charge < -0.3 is 10.3 Å². The predicted octanol–water partition coefficient (Wildman–Crippen LogP) is 3.03. The summed E-state index contributed by atoms with van der Waals surface area (Å²) >= 11 is 1.63. The molecule has 2 unspecified atom stereocenters. The number of rotatable bonds is 3. The minimum atomic E-state index is 0.352. The highest BCUT2D eigenvalue weighted by Gasteiger charge is 2.30. The summed E-state index contributed by atoms with van der Waals surface area (Å²) in [5.74, 6) is 2.33. The molecule has 4 nitrogen and oxygen atoms in total. The molecule has 1 fully saturated rings. The Morgan fingerprint density at radius 3 is 3.06 bits per heavy atom. The van der Waals surface area contributed by atoms with Crippen LogP contribution in [0.5, 0.6) is 0 Å². The topological polar surface area (TPSA) is 64.9 Å². The number of hydrogen-bond donors (Lipinski definition) is 1. The molecular weight excluding hydrogens is 246 g/mol. The Morgan fingerprint density at radius 1 is 1.39 bits per heavy atom. The maximum absolute atomic E-state index is 5.84. The van der Waals surface area contributed by atoms with Gasteiger partial charge in [0.2, 0.25) is 11.7 Å². The van der Waals surface area contributed by atoms with Crippen molar-refractivity contribution in [3.8, 4) is 10.7 Å². The molecule has 5 heteroatoms. The number of thiophene rings is 1. The lowest BCUT2D eigenvalue weighted by molar-refractivity contribution is 0.249. The van der Waals surface area contributed by atoms with Gasteiger partial charge in [0, 0.05) is 5.92 Å². The van der Waals surface area contributed by atoms with Crippen molar-refractivity contribution in [3.63, 3.8) is 0 Å². The zero-order valence-corrected chi connectivity index (χ0v) is 11.0. The molecule has 0 radical (unpaired) electrons. The van der Waals surface area contributed by atoms with E-state index in [1.807, 2.05) is 17.5 Å². The molecule has 0 aromatic carbocycles. The van der Waals surface area contributed by atoms with E-state index in [9.17, 15) is 0 Å². The normalized spacial score (nSPS) is 24.3. The van der Waals surface area contributed by atoms with E-state index < -0.39 is 0 Å². The second kappa shape index (κ2) is 5.20. The lowest BCUT2D eigenvalue weighted by atomic mass is 9.79. The van der Waals surface area contributed by atoms with E-state index in [-0.39, 0.29) is 0 Å². The van der Waals surface area contributed by atoms with E-state index in [2.05, 4.69) is 10.1 Å². The maximum atomic E-state index is 5.84. The van der Waals surface area contributed by atoms with Gasteiger partial charge in [0.05, 0.1) is 4.88 Å². The molecule has 1 saturated carbocycles. The molecule has 1 aliphatic carbocycles. The highest BCUT2D eigenvalue weighted by Crippen LogP contribution is 2.37. The van der Waals surface area contributed by atoms with Gasteiger partial charge in [-0.2, -0.15) is 4.98 Å². The van der Waals surface area contributed by atoms with Crippen LogP contribution in [-0.2, 0) is 0 Å². The van der Waals surface area contributed by atoms with Gasteiger partial charge in [0.15, 0.2) is 0 Å². The van der Waals surface area contributed by atoms with E-state index >= 15 is 0 Å². The Labute approximate surface area is 110 Å². The maximum Gasteiger partial charge on any atom is 0.230 e. The quantitative estimate of drug-likeness (QED) is 0.924. The SMILES string of the molecule is NCC1CCCCC1c1nc(-c2cccs2)no1. The highest BCUT2D eigenvalue weighted by atomic mass is 32.1. The molecule has 0 amide bonds. The van der Waals surface area contributed by atoms with Gasteiger partial charge in [-0.05, 0) is 36.8 Å². The summed E-state index contributed by atoms with van der Waals surface area (Å²) in [4.78, 5) is 5.61. The molecule has 2 heterocycles. The standard InChI is InChI=1S/C13H17N3OS/c14-8-9-4-1-2-5-10(9)13-15-12(16-17-13)11-6-3-7-18-11/h3,6-7,9-10H,1-2,4-5,8,14H2. The van der Waals surface area contributed by atoms with Crippen LogP contribution in [0.4, 0.5) is 0 Å². The van der Waals surface area contributed by atoms with Crippen molar-refractivity contribution < 1.29 is 4.52 Å². The van der Waals surface area contributed by atoms with Crippen LogP contribution in [-0.4, -0.2) is 16.7 Å². The summed E-state index contributed by atoms with van der Waals surface area (Å²) < 4.78 is 5.45. The minimum absolute atomic E-state index is 0.352. The van der Waals surface area contributed by atoms with E-state index in [1.165, 1.54) is 19.3 Å². The van der Waals surface area contributed by atoms with Gasteiger partial charge in [0.1, 0.15) is 0 Å². The Bertz CT molecular complexity index is 494. The van der Waals surface area contributed by atoms with Gasteiger partial charge >= 0.3 is 0 Å². The van der Waals surface area contributed by atoms with Crippen LogP contribution in [0.2, 0.25) is 0 Å².